The maximum atomic E-state index is 12.9. The summed E-state index contributed by atoms with van der Waals surface area (Å²) in [5.41, 5.74) is 1.78. The highest BCUT2D eigenvalue weighted by Crippen LogP contribution is 2.04. The Kier molecular flexibility index (Phi) is 5.12. The van der Waals surface area contributed by atoms with Crippen molar-refractivity contribution in [3.05, 3.63) is 71.5 Å². The van der Waals surface area contributed by atoms with Gasteiger partial charge in [0.1, 0.15) is 12.4 Å². The highest BCUT2D eigenvalue weighted by molar-refractivity contribution is 5.67. The van der Waals surface area contributed by atoms with Crippen LogP contribution in [0.3, 0.4) is 0 Å². The van der Waals surface area contributed by atoms with E-state index in [1.165, 1.54) is 12.1 Å². The first kappa shape index (κ1) is 14.1. The van der Waals surface area contributed by atoms with Crippen LogP contribution in [0.1, 0.15) is 11.1 Å². The standard InChI is InChI=1S/C16H16FNO2/c17-15-8-4-7-13(11-15)9-10-18-16(19)20-12-14-5-2-1-3-6-14/h1-8,11H,9-10,12H2,(H,18,19). The second kappa shape index (κ2) is 7.28. The fraction of sp³-hybridized carbons (Fsp3) is 0.188. The van der Waals surface area contributed by atoms with E-state index in [1.54, 1.807) is 6.07 Å². The summed E-state index contributed by atoms with van der Waals surface area (Å²) < 4.78 is 18.0. The normalized spacial score (nSPS) is 10.1. The summed E-state index contributed by atoms with van der Waals surface area (Å²) in [7, 11) is 0. The molecule has 1 N–H and O–H groups in total. The van der Waals surface area contributed by atoms with E-state index in [4.69, 9.17) is 4.74 Å². The van der Waals surface area contributed by atoms with Crippen molar-refractivity contribution in [2.24, 2.45) is 0 Å². The number of benzene rings is 2. The van der Waals surface area contributed by atoms with E-state index >= 15 is 0 Å². The Morgan fingerprint density at radius 2 is 1.80 bits per heavy atom. The average molecular weight is 273 g/mol. The van der Waals surface area contributed by atoms with Gasteiger partial charge < -0.3 is 10.1 Å². The van der Waals surface area contributed by atoms with Crippen LogP contribution in [0.15, 0.2) is 54.6 Å². The van der Waals surface area contributed by atoms with Gasteiger partial charge in [-0.15, -0.1) is 0 Å². The maximum absolute atomic E-state index is 12.9. The van der Waals surface area contributed by atoms with E-state index in [9.17, 15) is 9.18 Å². The lowest BCUT2D eigenvalue weighted by atomic mass is 10.1. The molecule has 104 valence electrons. The maximum Gasteiger partial charge on any atom is 0.407 e. The molecule has 0 aliphatic carbocycles. The Labute approximate surface area is 117 Å². The van der Waals surface area contributed by atoms with Crippen LogP contribution in [0, 0.1) is 5.82 Å². The van der Waals surface area contributed by atoms with E-state index in [0.717, 1.165) is 11.1 Å². The second-order valence-electron chi connectivity index (χ2n) is 4.37. The molecule has 3 nitrogen and oxygen atoms in total. The van der Waals surface area contributed by atoms with E-state index in [2.05, 4.69) is 5.32 Å². The first-order chi connectivity index (χ1) is 9.74. The molecule has 0 heterocycles. The van der Waals surface area contributed by atoms with Crippen LogP contribution in [-0.4, -0.2) is 12.6 Å². The predicted molar refractivity (Wildman–Crippen MR) is 74.7 cm³/mol. The van der Waals surface area contributed by atoms with Gasteiger partial charge in [0.15, 0.2) is 0 Å². The third-order valence-corrected chi connectivity index (χ3v) is 2.78. The van der Waals surface area contributed by atoms with E-state index in [0.29, 0.717) is 13.0 Å². The summed E-state index contributed by atoms with van der Waals surface area (Å²) >= 11 is 0. The zero-order valence-electron chi connectivity index (χ0n) is 11.0. The summed E-state index contributed by atoms with van der Waals surface area (Å²) in [6.45, 7) is 0.656. The number of carbonyl (C=O) groups excluding carboxylic acids is 1. The van der Waals surface area contributed by atoms with E-state index in [-0.39, 0.29) is 12.4 Å². The number of amides is 1. The Balaban J connectivity index is 1.68. The number of hydrogen-bond acceptors (Lipinski definition) is 2. The van der Waals surface area contributed by atoms with Crippen LogP contribution in [-0.2, 0) is 17.8 Å². The molecule has 4 heteroatoms. The van der Waals surface area contributed by atoms with Gasteiger partial charge >= 0.3 is 6.09 Å². The van der Waals surface area contributed by atoms with Gasteiger partial charge in [-0.25, -0.2) is 9.18 Å². The van der Waals surface area contributed by atoms with Crippen LogP contribution in [0.5, 0.6) is 0 Å². The average Bonchev–Trinajstić information content (AvgIpc) is 2.46. The molecule has 1 amide bonds. The molecule has 0 bridgehead atoms. The summed E-state index contributed by atoms with van der Waals surface area (Å²) in [5.74, 6) is -0.269. The second-order valence-corrected chi connectivity index (χ2v) is 4.37. The van der Waals surface area contributed by atoms with Crippen LogP contribution in [0.4, 0.5) is 9.18 Å². The lowest BCUT2D eigenvalue weighted by molar-refractivity contribution is 0.140. The minimum atomic E-state index is -0.467. The number of rotatable bonds is 5. The molecule has 2 rings (SSSR count). The number of carbonyl (C=O) groups is 1. The quantitative estimate of drug-likeness (QED) is 0.907. The van der Waals surface area contributed by atoms with Gasteiger partial charge in [-0.1, -0.05) is 42.5 Å². The molecule has 2 aromatic rings. The molecule has 2 aromatic carbocycles. The van der Waals surface area contributed by atoms with Crippen molar-refractivity contribution in [3.63, 3.8) is 0 Å². The SMILES string of the molecule is O=C(NCCc1cccc(F)c1)OCc1ccccc1. The molecule has 0 radical (unpaired) electrons. The van der Waals surface area contributed by atoms with Crippen LogP contribution < -0.4 is 5.32 Å². The number of halogens is 1. The van der Waals surface area contributed by atoms with Crippen molar-refractivity contribution in [3.8, 4) is 0 Å². The zero-order chi connectivity index (χ0) is 14.2. The number of alkyl carbamates (subject to hydrolysis) is 1. The molecule has 0 aliphatic rings. The van der Waals surface area contributed by atoms with Gasteiger partial charge in [0, 0.05) is 6.54 Å². The molecule has 0 saturated carbocycles. The Morgan fingerprint density at radius 3 is 2.55 bits per heavy atom. The Hall–Kier alpha value is -2.36. The molecule has 0 fully saturated rings. The third-order valence-electron chi connectivity index (χ3n) is 2.78. The fourth-order valence-corrected chi connectivity index (χ4v) is 1.78. The molecule has 0 unspecified atom stereocenters. The largest absolute Gasteiger partial charge is 0.445 e. The highest BCUT2D eigenvalue weighted by Gasteiger charge is 2.02. The van der Waals surface area contributed by atoms with Crippen LogP contribution in [0.2, 0.25) is 0 Å². The van der Waals surface area contributed by atoms with Crippen molar-refractivity contribution in [2.75, 3.05) is 6.54 Å². The predicted octanol–water partition coefficient (Wildman–Crippen LogP) is 3.29. The molecular formula is C16H16FNO2. The van der Waals surface area contributed by atoms with E-state index < -0.39 is 6.09 Å². The minimum absolute atomic E-state index is 0.243. The number of ether oxygens (including phenoxy) is 1. The molecule has 20 heavy (non-hydrogen) atoms. The van der Waals surface area contributed by atoms with Crippen molar-refractivity contribution < 1.29 is 13.9 Å². The van der Waals surface area contributed by atoms with E-state index in [1.807, 2.05) is 36.4 Å². The van der Waals surface area contributed by atoms with Crippen LogP contribution in [0.25, 0.3) is 0 Å². The van der Waals surface area contributed by atoms with Gasteiger partial charge in [-0.05, 0) is 29.7 Å². The van der Waals surface area contributed by atoms with Crippen molar-refractivity contribution in [1.82, 2.24) is 5.32 Å². The van der Waals surface area contributed by atoms with Crippen molar-refractivity contribution in [2.45, 2.75) is 13.0 Å². The third kappa shape index (κ3) is 4.72. The number of nitrogens with one attached hydrogen (secondary N) is 1. The topological polar surface area (TPSA) is 38.3 Å². The Morgan fingerprint density at radius 1 is 1.05 bits per heavy atom. The molecular weight excluding hydrogens is 257 g/mol. The minimum Gasteiger partial charge on any atom is -0.445 e. The lowest BCUT2D eigenvalue weighted by Crippen LogP contribution is -2.26. The van der Waals surface area contributed by atoms with Gasteiger partial charge in [0.25, 0.3) is 0 Å². The molecule has 0 saturated heterocycles. The summed E-state index contributed by atoms with van der Waals surface area (Å²) in [6.07, 6.45) is 0.100. The number of hydrogen-bond donors (Lipinski definition) is 1. The van der Waals surface area contributed by atoms with Gasteiger partial charge in [0.05, 0.1) is 0 Å². The van der Waals surface area contributed by atoms with Gasteiger partial charge in [-0.2, -0.15) is 0 Å². The summed E-state index contributed by atoms with van der Waals surface area (Å²) in [4.78, 5) is 11.5. The zero-order valence-corrected chi connectivity index (χ0v) is 11.0. The lowest BCUT2D eigenvalue weighted by Gasteiger charge is -2.07. The first-order valence-corrected chi connectivity index (χ1v) is 6.43. The summed E-state index contributed by atoms with van der Waals surface area (Å²) in [5, 5.41) is 2.64. The van der Waals surface area contributed by atoms with Crippen molar-refractivity contribution >= 4 is 6.09 Å². The first-order valence-electron chi connectivity index (χ1n) is 6.43. The molecule has 0 aliphatic heterocycles. The van der Waals surface area contributed by atoms with Gasteiger partial charge in [0.2, 0.25) is 0 Å². The molecule has 0 spiro atoms. The fourth-order valence-electron chi connectivity index (χ4n) is 1.78. The smallest absolute Gasteiger partial charge is 0.407 e. The summed E-state index contributed by atoms with van der Waals surface area (Å²) in [6, 6.07) is 15.8. The van der Waals surface area contributed by atoms with Crippen LogP contribution >= 0.6 is 0 Å². The monoisotopic (exact) mass is 273 g/mol. The Bertz CT molecular complexity index is 557. The highest BCUT2D eigenvalue weighted by atomic mass is 19.1. The molecule has 0 atom stereocenters. The van der Waals surface area contributed by atoms with Crippen molar-refractivity contribution in [1.29, 1.82) is 0 Å². The van der Waals surface area contributed by atoms with Gasteiger partial charge in [-0.3, -0.25) is 0 Å². The molecule has 0 aromatic heterocycles.